The zero-order valence-corrected chi connectivity index (χ0v) is 21.9. The Morgan fingerprint density at radius 1 is 0.974 bits per heavy atom. The topological polar surface area (TPSA) is 183 Å². The Hall–Kier alpha value is -3.87. The molecule has 2 aromatic carbocycles. The summed E-state index contributed by atoms with van der Waals surface area (Å²) in [5.41, 5.74) is -0.773. The van der Waals surface area contributed by atoms with Gasteiger partial charge in [0.2, 0.25) is 0 Å². The van der Waals surface area contributed by atoms with E-state index < -0.39 is 36.4 Å². The van der Waals surface area contributed by atoms with Crippen molar-refractivity contribution in [2.24, 2.45) is 0 Å². The highest BCUT2D eigenvalue weighted by molar-refractivity contribution is 5.88. The molecule has 1 aliphatic rings. The van der Waals surface area contributed by atoms with Crippen molar-refractivity contribution >= 4 is 17.9 Å². The van der Waals surface area contributed by atoms with Crippen LogP contribution in [0.1, 0.15) is 36.8 Å². The van der Waals surface area contributed by atoms with Gasteiger partial charge in [-0.2, -0.15) is 0 Å². The van der Waals surface area contributed by atoms with E-state index in [1.807, 2.05) is 24.3 Å². The molecule has 1 saturated heterocycles. The van der Waals surface area contributed by atoms with Crippen molar-refractivity contribution in [3.8, 4) is 17.2 Å². The van der Waals surface area contributed by atoms with Crippen LogP contribution >= 0.6 is 0 Å². The summed E-state index contributed by atoms with van der Waals surface area (Å²) in [5, 5.41) is 44.1. The molecule has 1 unspecified atom stereocenters. The SMILES string of the molecule is COc1ccc(O)c(CN(Cc2ccccc2OC)CC2CCCO2)c1.O=C(O)CC(O)(CC(=O)O)C(=O)O. The Labute approximate surface area is 226 Å². The lowest BCUT2D eigenvalue weighted by molar-refractivity contribution is -0.170. The van der Waals surface area contributed by atoms with Crippen LogP contribution in [0.15, 0.2) is 42.5 Å². The maximum atomic E-state index is 10.3. The van der Waals surface area contributed by atoms with Crippen molar-refractivity contribution in [2.45, 2.75) is 50.5 Å². The Morgan fingerprint density at radius 3 is 2.15 bits per heavy atom. The smallest absolute Gasteiger partial charge is 0.336 e. The van der Waals surface area contributed by atoms with E-state index in [1.54, 1.807) is 26.4 Å². The lowest BCUT2D eigenvalue weighted by Crippen LogP contribution is -2.42. The van der Waals surface area contributed by atoms with E-state index in [9.17, 15) is 19.5 Å². The molecule has 3 rings (SSSR count). The van der Waals surface area contributed by atoms with E-state index in [2.05, 4.69) is 11.0 Å². The molecule has 214 valence electrons. The molecule has 0 bridgehead atoms. The summed E-state index contributed by atoms with van der Waals surface area (Å²) in [4.78, 5) is 32.8. The fourth-order valence-electron chi connectivity index (χ4n) is 4.11. The first-order chi connectivity index (χ1) is 18.5. The van der Waals surface area contributed by atoms with Crippen LogP contribution in [0.3, 0.4) is 0 Å². The van der Waals surface area contributed by atoms with Crippen molar-refractivity contribution in [3.63, 3.8) is 0 Å². The van der Waals surface area contributed by atoms with Crippen LogP contribution in [0.4, 0.5) is 0 Å². The summed E-state index contributed by atoms with van der Waals surface area (Å²) in [6.45, 7) is 2.98. The first-order valence-corrected chi connectivity index (χ1v) is 12.2. The molecule has 1 fully saturated rings. The number of ether oxygens (including phenoxy) is 3. The quantitative estimate of drug-likeness (QED) is 0.246. The van der Waals surface area contributed by atoms with Crippen molar-refractivity contribution in [2.75, 3.05) is 27.4 Å². The van der Waals surface area contributed by atoms with Gasteiger partial charge in [0.05, 0.1) is 33.2 Å². The predicted molar refractivity (Wildman–Crippen MR) is 138 cm³/mol. The third-order valence-electron chi connectivity index (χ3n) is 6.04. The maximum absolute atomic E-state index is 10.3. The monoisotopic (exact) mass is 549 g/mol. The van der Waals surface area contributed by atoms with Crippen LogP contribution in [0.25, 0.3) is 0 Å². The first kappa shape index (κ1) is 31.3. The summed E-state index contributed by atoms with van der Waals surface area (Å²) in [6, 6.07) is 13.4. The number of carbonyl (C=O) groups is 3. The van der Waals surface area contributed by atoms with Gasteiger partial charge in [-0.05, 0) is 37.1 Å². The number of hydrogen-bond donors (Lipinski definition) is 5. The second kappa shape index (κ2) is 14.9. The largest absolute Gasteiger partial charge is 0.508 e. The number of aliphatic carboxylic acids is 3. The van der Waals surface area contributed by atoms with Crippen molar-refractivity contribution in [1.82, 2.24) is 4.90 Å². The molecule has 2 aromatic rings. The van der Waals surface area contributed by atoms with Gasteiger partial charge in [0.15, 0.2) is 5.60 Å². The van der Waals surface area contributed by atoms with Gasteiger partial charge in [-0.1, -0.05) is 18.2 Å². The second-order valence-electron chi connectivity index (χ2n) is 9.09. The molecule has 1 atom stereocenters. The number of phenolic OH excluding ortho intramolecular Hbond substituents is 1. The van der Waals surface area contributed by atoms with E-state index in [-0.39, 0.29) is 11.9 Å². The Kier molecular flexibility index (Phi) is 12.0. The molecule has 12 nitrogen and oxygen atoms in total. The van der Waals surface area contributed by atoms with Gasteiger partial charge in [0.1, 0.15) is 17.2 Å². The maximum Gasteiger partial charge on any atom is 0.336 e. The number of hydrogen-bond acceptors (Lipinski definition) is 9. The minimum Gasteiger partial charge on any atom is -0.508 e. The first-order valence-electron chi connectivity index (χ1n) is 12.2. The third-order valence-corrected chi connectivity index (χ3v) is 6.04. The molecular weight excluding hydrogens is 514 g/mol. The van der Waals surface area contributed by atoms with E-state index in [1.165, 1.54) is 0 Å². The van der Waals surface area contributed by atoms with Crippen LogP contribution in [0.5, 0.6) is 17.2 Å². The summed E-state index contributed by atoms with van der Waals surface area (Å²) in [5.74, 6) is -3.12. The van der Waals surface area contributed by atoms with Gasteiger partial charge in [-0.25, -0.2) is 4.79 Å². The van der Waals surface area contributed by atoms with Gasteiger partial charge in [0.25, 0.3) is 0 Å². The van der Waals surface area contributed by atoms with E-state index in [0.29, 0.717) is 6.54 Å². The molecule has 1 aliphatic heterocycles. The van der Waals surface area contributed by atoms with Crippen LogP contribution in [0.2, 0.25) is 0 Å². The van der Waals surface area contributed by atoms with Crippen molar-refractivity contribution in [1.29, 1.82) is 0 Å². The van der Waals surface area contributed by atoms with E-state index >= 15 is 0 Å². The molecule has 0 radical (unpaired) electrons. The summed E-state index contributed by atoms with van der Waals surface area (Å²) in [7, 11) is 3.33. The molecule has 5 N–H and O–H groups in total. The van der Waals surface area contributed by atoms with Gasteiger partial charge in [0, 0.05) is 37.4 Å². The van der Waals surface area contributed by atoms with E-state index in [4.69, 9.17) is 34.6 Å². The van der Waals surface area contributed by atoms with Crippen LogP contribution in [0, 0.1) is 0 Å². The number of methoxy groups -OCH3 is 2. The van der Waals surface area contributed by atoms with Crippen molar-refractivity contribution in [3.05, 3.63) is 53.6 Å². The summed E-state index contributed by atoms with van der Waals surface area (Å²) < 4.78 is 16.6. The minimum atomic E-state index is -2.74. The minimum absolute atomic E-state index is 0.234. The van der Waals surface area contributed by atoms with Crippen molar-refractivity contribution < 1.29 is 54.1 Å². The lowest BCUT2D eigenvalue weighted by Gasteiger charge is -2.26. The number of carboxylic acid groups (broad SMARTS) is 3. The number of nitrogens with zero attached hydrogens (tertiary/aromatic N) is 1. The molecule has 1 heterocycles. The number of carboxylic acids is 3. The third kappa shape index (κ3) is 10.1. The molecular formula is C27H35NO11. The lowest BCUT2D eigenvalue weighted by atomic mass is 9.96. The average molecular weight is 550 g/mol. The number of rotatable bonds is 13. The molecule has 0 amide bonds. The zero-order chi connectivity index (χ0) is 29.0. The fraction of sp³-hybridized carbons (Fsp3) is 0.444. The molecule has 39 heavy (non-hydrogen) atoms. The standard InChI is InChI=1S/C21H27NO4.C6H8O7/c1-24-18-9-10-20(23)17(12-18)14-22(15-19-7-5-11-26-19)13-16-6-3-4-8-21(16)25-2;7-3(8)1-6(13,5(11)12)2-4(9)10/h3-4,6,8-10,12,19,23H,5,7,11,13-15H2,1-2H3;13H,1-2H2,(H,7,8)(H,9,10)(H,11,12). The molecule has 12 heteroatoms. The number of para-hydroxylation sites is 1. The highest BCUT2D eigenvalue weighted by Crippen LogP contribution is 2.27. The number of aliphatic hydroxyl groups is 1. The molecule has 0 spiro atoms. The van der Waals surface area contributed by atoms with Crippen LogP contribution in [-0.4, -0.2) is 87.4 Å². The Morgan fingerprint density at radius 2 is 1.62 bits per heavy atom. The van der Waals surface area contributed by atoms with Gasteiger partial charge in [-0.15, -0.1) is 0 Å². The highest BCUT2D eigenvalue weighted by atomic mass is 16.5. The number of phenols is 1. The normalized spacial score (nSPS) is 14.8. The number of aromatic hydroxyl groups is 1. The average Bonchev–Trinajstić information content (AvgIpc) is 3.38. The second-order valence-corrected chi connectivity index (χ2v) is 9.09. The zero-order valence-electron chi connectivity index (χ0n) is 21.9. The Balaban J connectivity index is 0.000000349. The molecule has 0 saturated carbocycles. The molecule has 0 aliphatic carbocycles. The van der Waals surface area contributed by atoms with E-state index in [0.717, 1.165) is 55.2 Å². The molecule has 0 aromatic heterocycles. The highest BCUT2D eigenvalue weighted by Gasteiger charge is 2.40. The number of benzene rings is 2. The van der Waals surface area contributed by atoms with Gasteiger partial charge < -0.3 is 39.7 Å². The predicted octanol–water partition coefficient (Wildman–Crippen LogP) is 2.34. The van der Waals surface area contributed by atoms with Gasteiger partial charge >= 0.3 is 17.9 Å². The summed E-state index contributed by atoms with van der Waals surface area (Å²) in [6.07, 6.45) is 0.130. The fourth-order valence-corrected chi connectivity index (χ4v) is 4.11. The van der Waals surface area contributed by atoms with Gasteiger partial charge in [-0.3, -0.25) is 14.5 Å². The Bertz CT molecular complexity index is 1100. The van der Waals surface area contributed by atoms with Crippen LogP contribution < -0.4 is 9.47 Å². The van der Waals surface area contributed by atoms with Crippen LogP contribution in [-0.2, 0) is 32.2 Å². The summed E-state index contributed by atoms with van der Waals surface area (Å²) >= 11 is 0.